The van der Waals surface area contributed by atoms with Crippen LogP contribution in [-0.2, 0) is 0 Å². The highest BCUT2D eigenvalue weighted by atomic mass is 79.9. The van der Waals surface area contributed by atoms with Crippen molar-refractivity contribution in [2.75, 3.05) is 5.32 Å². The summed E-state index contributed by atoms with van der Waals surface area (Å²) in [4.78, 5) is 17.1. The standard InChI is InChI=1S/C21H16BrN3O/c1-14-5-2-10-20-24-19(13-25(14)20)15-6-4-9-18(12-15)23-21(26)16-7-3-8-17(22)11-16/h2-13H,1H3,(H,23,26). The summed E-state index contributed by atoms with van der Waals surface area (Å²) < 4.78 is 2.93. The maximum absolute atomic E-state index is 12.4. The Bertz CT molecular complexity index is 1120. The Labute approximate surface area is 159 Å². The van der Waals surface area contributed by atoms with Crippen molar-refractivity contribution in [3.63, 3.8) is 0 Å². The van der Waals surface area contributed by atoms with Crippen LogP contribution in [0.15, 0.2) is 77.4 Å². The van der Waals surface area contributed by atoms with Crippen LogP contribution in [0.25, 0.3) is 16.9 Å². The molecule has 4 nitrogen and oxygen atoms in total. The first-order valence-electron chi connectivity index (χ1n) is 8.22. The van der Waals surface area contributed by atoms with Crippen molar-refractivity contribution in [2.24, 2.45) is 0 Å². The third-order valence-electron chi connectivity index (χ3n) is 4.20. The number of benzene rings is 2. The van der Waals surface area contributed by atoms with E-state index in [4.69, 9.17) is 0 Å². The number of fused-ring (bicyclic) bond motifs is 1. The van der Waals surface area contributed by atoms with E-state index in [1.807, 2.05) is 67.7 Å². The molecule has 2 heterocycles. The molecule has 0 radical (unpaired) electrons. The topological polar surface area (TPSA) is 46.4 Å². The van der Waals surface area contributed by atoms with Gasteiger partial charge in [-0.2, -0.15) is 0 Å². The number of halogens is 1. The van der Waals surface area contributed by atoms with Crippen LogP contribution in [0, 0.1) is 6.92 Å². The Balaban J connectivity index is 1.64. The fourth-order valence-electron chi connectivity index (χ4n) is 2.88. The summed E-state index contributed by atoms with van der Waals surface area (Å²) in [7, 11) is 0. The molecule has 0 saturated carbocycles. The van der Waals surface area contributed by atoms with Gasteiger partial charge in [-0.15, -0.1) is 0 Å². The second-order valence-corrected chi connectivity index (χ2v) is 6.98. The first-order valence-corrected chi connectivity index (χ1v) is 9.01. The maximum atomic E-state index is 12.4. The molecule has 0 aliphatic carbocycles. The van der Waals surface area contributed by atoms with Gasteiger partial charge in [0.15, 0.2) is 0 Å². The Morgan fingerprint density at radius 3 is 2.65 bits per heavy atom. The van der Waals surface area contributed by atoms with E-state index in [2.05, 4.69) is 30.6 Å². The highest BCUT2D eigenvalue weighted by Gasteiger charge is 2.09. The van der Waals surface area contributed by atoms with Crippen LogP contribution in [-0.4, -0.2) is 15.3 Å². The number of pyridine rings is 1. The Hall–Kier alpha value is -2.92. The Kier molecular flexibility index (Phi) is 4.31. The van der Waals surface area contributed by atoms with E-state index in [-0.39, 0.29) is 5.91 Å². The molecule has 128 valence electrons. The van der Waals surface area contributed by atoms with Crippen molar-refractivity contribution >= 4 is 33.2 Å². The third kappa shape index (κ3) is 3.26. The highest BCUT2D eigenvalue weighted by Crippen LogP contribution is 2.23. The van der Waals surface area contributed by atoms with Gasteiger partial charge in [-0.1, -0.05) is 40.2 Å². The predicted octanol–water partition coefficient (Wildman–Crippen LogP) is 5.32. The fourth-order valence-corrected chi connectivity index (χ4v) is 3.28. The molecule has 0 unspecified atom stereocenters. The van der Waals surface area contributed by atoms with Crippen molar-refractivity contribution < 1.29 is 4.79 Å². The number of hydrogen-bond acceptors (Lipinski definition) is 2. The summed E-state index contributed by atoms with van der Waals surface area (Å²) >= 11 is 3.39. The molecule has 4 rings (SSSR count). The first kappa shape index (κ1) is 16.5. The van der Waals surface area contributed by atoms with E-state index >= 15 is 0 Å². The molecular weight excluding hydrogens is 390 g/mol. The lowest BCUT2D eigenvalue weighted by molar-refractivity contribution is 0.102. The summed E-state index contributed by atoms with van der Waals surface area (Å²) in [6.45, 7) is 2.05. The molecule has 2 aromatic heterocycles. The Morgan fingerprint density at radius 1 is 1.04 bits per heavy atom. The van der Waals surface area contributed by atoms with Gasteiger partial charge >= 0.3 is 0 Å². The van der Waals surface area contributed by atoms with Gasteiger partial charge in [-0.25, -0.2) is 4.98 Å². The molecular formula is C21H16BrN3O. The lowest BCUT2D eigenvalue weighted by Crippen LogP contribution is -2.11. The number of imidazole rings is 1. The number of carbonyl (C=O) groups excluding carboxylic acids is 1. The minimum Gasteiger partial charge on any atom is -0.322 e. The van der Waals surface area contributed by atoms with E-state index in [1.165, 1.54) is 0 Å². The quantitative estimate of drug-likeness (QED) is 0.500. The van der Waals surface area contributed by atoms with E-state index < -0.39 is 0 Å². The number of nitrogens with one attached hydrogen (secondary N) is 1. The molecule has 0 fully saturated rings. The number of aryl methyl sites for hydroxylation is 1. The van der Waals surface area contributed by atoms with E-state index in [9.17, 15) is 4.79 Å². The summed E-state index contributed by atoms with van der Waals surface area (Å²) in [6.07, 6.45) is 2.01. The summed E-state index contributed by atoms with van der Waals surface area (Å²) in [5, 5.41) is 2.95. The van der Waals surface area contributed by atoms with Crippen molar-refractivity contribution in [2.45, 2.75) is 6.92 Å². The van der Waals surface area contributed by atoms with E-state index in [1.54, 1.807) is 12.1 Å². The Morgan fingerprint density at radius 2 is 1.85 bits per heavy atom. The highest BCUT2D eigenvalue weighted by molar-refractivity contribution is 9.10. The molecule has 0 bridgehead atoms. The second-order valence-electron chi connectivity index (χ2n) is 6.07. The maximum Gasteiger partial charge on any atom is 0.255 e. The van der Waals surface area contributed by atoms with Crippen LogP contribution in [0.1, 0.15) is 16.1 Å². The first-order chi connectivity index (χ1) is 12.6. The number of rotatable bonds is 3. The number of anilines is 1. The molecule has 0 atom stereocenters. The largest absolute Gasteiger partial charge is 0.322 e. The molecule has 2 aromatic carbocycles. The minimum atomic E-state index is -0.144. The predicted molar refractivity (Wildman–Crippen MR) is 107 cm³/mol. The summed E-state index contributed by atoms with van der Waals surface area (Å²) in [6, 6.07) is 21.1. The lowest BCUT2D eigenvalue weighted by Gasteiger charge is -2.07. The van der Waals surface area contributed by atoms with Crippen LogP contribution < -0.4 is 5.32 Å². The van der Waals surface area contributed by atoms with Crippen LogP contribution >= 0.6 is 15.9 Å². The number of nitrogens with zero attached hydrogens (tertiary/aromatic N) is 2. The summed E-state index contributed by atoms with van der Waals surface area (Å²) in [5.41, 5.74) is 5.20. The zero-order valence-electron chi connectivity index (χ0n) is 14.1. The molecule has 1 amide bonds. The fraction of sp³-hybridized carbons (Fsp3) is 0.0476. The number of hydrogen-bond donors (Lipinski definition) is 1. The molecule has 0 spiro atoms. The van der Waals surface area contributed by atoms with E-state index in [0.717, 1.165) is 32.8 Å². The van der Waals surface area contributed by atoms with Crippen molar-refractivity contribution in [3.8, 4) is 11.3 Å². The lowest BCUT2D eigenvalue weighted by atomic mass is 10.1. The zero-order chi connectivity index (χ0) is 18.1. The monoisotopic (exact) mass is 405 g/mol. The normalized spacial score (nSPS) is 10.8. The van der Waals surface area contributed by atoms with Gasteiger partial charge in [0.1, 0.15) is 5.65 Å². The van der Waals surface area contributed by atoms with Gasteiger partial charge in [0.2, 0.25) is 0 Å². The van der Waals surface area contributed by atoms with Gasteiger partial charge in [0.25, 0.3) is 5.91 Å². The molecule has 0 aliphatic heterocycles. The average Bonchev–Trinajstić information content (AvgIpc) is 3.08. The van der Waals surface area contributed by atoms with Gasteiger partial charge in [0, 0.05) is 33.2 Å². The minimum absolute atomic E-state index is 0.144. The van der Waals surface area contributed by atoms with E-state index in [0.29, 0.717) is 5.56 Å². The van der Waals surface area contributed by atoms with Gasteiger partial charge in [-0.3, -0.25) is 4.79 Å². The van der Waals surface area contributed by atoms with Crippen LogP contribution in [0.4, 0.5) is 5.69 Å². The van der Waals surface area contributed by atoms with Gasteiger partial charge in [0.05, 0.1) is 5.69 Å². The number of aromatic nitrogens is 2. The molecule has 5 heteroatoms. The van der Waals surface area contributed by atoms with Crippen molar-refractivity contribution in [1.82, 2.24) is 9.38 Å². The van der Waals surface area contributed by atoms with Gasteiger partial charge in [-0.05, 0) is 49.4 Å². The SMILES string of the molecule is Cc1cccc2nc(-c3cccc(NC(=O)c4cccc(Br)c4)c3)cn12. The average molecular weight is 406 g/mol. The molecule has 4 aromatic rings. The zero-order valence-corrected chi connectivity index (χ0v) is 15.7. The smallest absolute Gasteiger partial charge is 0.255 e. The molecule has 1 N–H and O–H groups in total. The number of carbonyl (C=O) groups is 1. The van der Waals surface area contributed by atoms with Crippen molar-refractivity contribution in [3.05, 3.63) is 88.7 Å². The van der Waals surface area contributed by atoms with Crippen LogP contribution in [0.5, 0.6) is 0 Å². The van der Waals surface area contributed by atoms with Crippen LogP contribution in [0.3, 0.4) is 0 Å². The summed E-state index contributed by atoms with van der Waals surface area (Å²) in [5.74, 6) is -0.144. The molecule has 0 saturated heterocycles. The second kappa shape index (κ2) is 6.77. The van der Waals surface area contributed by atoms with Gasteiger partial charge < -0.3 is 9.72 Å². The molecule has 0 aliphatic rings. The molecule has 26 heavy (non-hydrogen) atoms. The van der Waals surface area contributed by atoms with Crippen LogP contribution in [0.2, 0.25) is 0 Å². The van der Waals surface area contributed by atoms with Crippen molar-refractivity contribution in [1.29, 1.82) is 0 Å². The number of amides is 1. The third-order valence-corrected chi connectivity index (χ3v) is 4.69.